The number of nitrogens with two attached hydrogens (primary N) is 1. The van der Waals surface area contributed by atoms with E-state index in [1.807, 2.05) is 18.2 Å². The molecule has 2 N–H and O–H groups in total. The zero-order valence-electron chi connectivity index (χ0n) is 12.2. The monoisotopic (exact) mass is 319 g/mol. The molecule has 0 spiro atoms. The molecule has 0 aliphatic rings. The highest BCUT2D eigenvalue weighted by Crippen LogP contribution is 2.30. The fourth-order valence-corrected chi connectivity index (χ4v) is 3.48. The summed E-state index contributed by atoms with van der Waals surface area (Å²) >= 11 is 1.64. The Bertz CT molecular complexity index is 951. The van der Waals surface area contributed by atoms with Gasteiger partial charge in [0.1, 0.15) is 16.3 Å². The van der Waals surface area contributed by atoms with Gasteiger partial charge in [0.05, 0.1) is 11.6 Å². The molecule has 23 heavy (non-hydrogen) atoms. The van der Waals surface area contributed by atoms with E-state index in [2.05, 4.69) is 38.1 Å². The van der Waals surface area contributed by atoms with Crippen LogP contribution in [0.1, 0.15) is 10.4 Å². The van der Waals surface area contributed by atoms with Crippen molar-refractivity contribution in [1.29, 1.82) is 0 Å². The molecule has 4 rings (SSSR count). The van der Waals surface area contributed by atoms with E-state index in [0.29, 0.717) is 17.3 Å². The Balaban J connectivity index is 1.75. The van der Waals surface area contributed by atoms with Gasteiger partial charge in [-0.05, 0) is 11.6 Å². The molecule has 0 amide bonds. The third kappa shape index (κ3) is 2.76. The summed E-state index contributed by atoms with van der Waals surface area (Å²) in [7, 11) is 0. The molecule has 112 valence electrons. The van der Waals surface area contributed by atoms with E-state index in [9.17, 15) is 0 Å². The Morgan fingerprint density at radius 2 is 1.91 bits per heavy atom. The van der Waals surface area contributed by atoms with Crippen molar-refractivity contribution in [2.45, 2.75) is 6.42 Å². The number of fused-ring (bicyclic) bond motifs is 1. The quantitative estimate of drug-likeness (QED) is 0.627. The van der Waals surface area contributed by atoms with Crippen LogP contribution in [-0.2, 0) is 6.42 Å². The highest BCUT2D eigenvalue weighted by atomic mass is 32.1. The second-order valence-electron chi connectivity index (χ2n) is 5.12. The Hall–Kier alpha value is -2.86. The van der Waals surface area contributed by atoms with Crippen molar-refractivity contribution >= 4 is 27.4 Å². The minimum atomic E-state index is 0.478. The number of aromatic nitrogens is 4. The number of hydrogen-bond donors (Lipinski definition) is 1. The second kappa shape index (κ2) is 5.73. The van der Waals surface area contributed by atoms with Crippen LogP contribution < -0.4 is 5.73 Å². The van der Waals surface area contributed by atoms with Gasteiger partial charge in [-0.2, -0.15) is 0 Å². The smallest absolute Gasteiger partial charge is 0.183 e. The molecule has 0 unspecified atom stereocenters. The average molecular weight is 319 g/mol. The molecule has 0 bridgehead atoms. The lowest BCUT2D eigenvalue weighted by Crippen LogP contribution is -1.97. The molecule has 3 heterocycles. The maximum absolute atomic E-state index is 6.11. The number of anilines is 1. The van der Waals surface area contributed by atoms with Crippen LogP contribution in [0.3, 0.4) is 0 Å². The maximum Gasteiger partial charge on any atom is 0.183 e. The highest BCUT2D eigenvalue weighted by molar-refractivity contribution is 7.18. The number of thiophene rings is 1. The number of benzene rings is 1. The minimum Gasteiger partial charge on any atom is -0.383 e. The van der Waals surface area contributed by atoms with Crippen LogP contribution in [0.4, 0.5) is 5.82 Å². The summed E-state index contributed by atoms with van der Waals surface area (Å²) in [5, 5.41) is 0.897. The molecule has 0 radical (unpaired) electrons. The largest absolute Gasteiger partial charge is 0.383 e. The second-order valence-corrected chi connectivity index (χ2v) is 6.23. The van der Waals surface area contributed by atoms with Crippen LogP contribution in [0.25, 0.3) is 21.7 Å². The first-order chi connectivity index (χ1) is 11.3. The van der Waals surface area contributed by atoms with Crippen LogP contribution in [0.5, 0.6) is 0 Å². The molecule has 0 atom stereocenters. The summed E-state index contributed by atoms with van der Waals surface area (Å²) < 4.78 is 0. The lowest BCUT2D eigenvalue weighted by atomic mass is 10.1. The van der Waals surface area contributed by atoms with E-state index in [-0.39, 0.29) is 0 Å². The van der Waals surface area contributed by atoms with Crippen molar-refractivity contribution < 1.29 is 0 Å². The first-order valence-corrected chi connectivity index (χ1v) is 7.97. The van der Waals surface area contributed by atoms with Crippen molar-refractivity contribution in [1.82, 2.24) is 19.9 Å². The first kappa shape index (κ1) is 13.8. The molecule has 0 saturated heterocycles. The van der Waals surface area contributed by atoms with Crippen LogP contribution in [0.15, 0.2) is 55.0 Å². The zero-order valence-corrected chi connectivity index (χ0v) is 13.0. The van der Waals surface area contributed by atoms with Gasteiger partial charge >= 0.3 is 0 Å². The molecule has 4 aromatic rings. The molecule has 6 heteroatoms. The highest BCUT2D eigenvalue weighted by Gasteiger charge is 2.12. The third-order valence-corrected chi connectivity index (χ3v) is 4.52. The summed E-state index contributed by atoms with van der Waals surface area (Å²) in [5.41, 5.74) is 8.00. The van der Waals surface area contributed by atoms with Crippen LogP contribution >= 0.6 is 11.3 Å². The number of nitrogens with zero attached hydrogens (tertiary/aromatic N) is 4. The predicted octanol–water partition coefficient (Wildman–Crippen LogP) is 3.32. The third-order valence-electron chi connectivity index (χ3n) is 3.49. The first-order valence-electron chi connectivity index (χ1n) is 7.16. The van der Waals surface area contributed by atoms with E-state index in [1.165, 1.54) is 10.4 Å². The van der Waals surface area contributed by atoms with E-state index < -0.39 is 0 Å². The lowest BCUT2D eigenvalue weighted by molar-refractivity contribution is 1.14. The van der Waals surface area contributed by atoms with E-state index in [0.717, 1.165) is 16.6 Å². The van der Waals surface area contributed by atoms with Gasteiger partial charge in [-0.25, -0.2) is 15.0 Å². The zero-order chi connectivity index (χ0) is 15.6. The van der Waals surface area contributed by atoms with Crippen molar-refractivity contribution in [3.05, 3.63) is 65.4 Å². The van der Waals surface area contributed by atoms with Crippen molar-refractivity contribution in [3.63, 3.8) is 0 Å². The SMILES string of the molecule is Nc1nc(-c2cnccn2)nc2sc(Cc3ccccc3)cc12. The molecular weight excluding hydrogens is 306 g/mol. The average Bonchev–Trinajstić information content (AvgIpc) is 2.99. The Morgan fingerprint density at radius 3 is 2.70 bits per heavy atom. The number of hydrogen-bond acceptors (Lipinski definition) is 6. The van der Waals surface area contributed by atoms with Gasteiger partial charge in [-0.3, -0.25) is 4.98 Å². The molecular formula is C17H13N5S. The predicted molar refractivity (Wildman–Crippen MR) is 92.1 cm³/mol. The fourth-order valence-electron chi connectivity index (χ4n) is 2.41. The lowest BCUT2D eigenvalue weighted by Gasteiger charge is -2.00. The van der Waals surface area contributed by atoms with Gasteiger partial charge in [-0.15, -0.1) is 11.3 Å². The summed E-state index contributed by atoms with van der Waals surface area (Å²) in [4.78, 5) is 19.3. The minimum absolute atomic E-state index is 0.478. The Kier molecular flexibility index (Phi) is 3.44. The van der Waals surface area contributed by atoms with Gasteiger partial charge in [0.15, 0.2) is 5.82 Å². The van der Waals surface area contributed by atoms with Gasteiger partial charge in [0.25, 0.3) is 0 Å². The van der Waals surface area contributed by atoms with Crippen molar-refractivity contribution in [2.24, 2.45) is 0 Å². The normalized spacial score (nSPS) is 11.0. The summed E-state index contributed by atoms with van der Waals surface area (Å²) in [6, 6.07) is 12.4. The molecule has 0 fully saturated rings. The molecule has 1 aromatic carbocycles. The van der Waals surface area contributed by atoms with Crippen LogP contribution in [-0.4, -0.2) is 19.9 Å². The standard InChI is InChI=1S/C17H13N5S/c18-15-13-9-12(8-11-4-2-1-3-5-11)23-17(13)22-16(21-15)14-10-19-6-7-20-14/h1-7,9-10H,8H2,(H2,18,21,22). The van der Waals surface area contributed by atoms with Crippen molar-refractivity contribution in [3.8, 4) is 11.5 Å². The van der Waals surface area contributed by atoms with E-state index >= 15 is 0 Å². The van der Waals surface area contributed by atoms with Crippen LogP contribution in [0.2, 0.25) is 0 Å². The Morgan fingerprint density at radius 1 is 1.04 bits per heavy atom. The maximum atomic E-state index is 6.11. The molecule has 0 aliphatic heterocycles. The van der Waals surface area contributed by atoms with Gasteiger partial charge in [0.2, 0.25) is 0 Å². The molecule has 3 aromatic heterocycles. The fraction of sp³-hybridized carbons (Fsp3) is 0.0588. The molecule has 5 nitrogen and oxygen atoms in total. The van der Waals surface area contributed by atoms with Crippen LogP contribution in [0, 0.1) is 0 Å². The molecule has 0 saturated carbocycles. The van der Waals surface area contributed by atoms with E-state index in [1.54, 1.807) is 29.9 Å². The summed E-state index contributed by atoms with van der Waals surface area (Å²) in [5.74, 6) is 0.988. The van der Waals surface area contributed by atoms with Gasteiger partial charge in [0, 0.05) is 23.7 Å². The Labute approximate surface area is 136 Å². The summed E-state index contributed by atoms with van der Waals surface area (Å²) in [6.07, 6.45) is 5.74. The van der Waals surface area contributed by atoms with Gasteiger partial charge in [-0.1, -0.05) is 30.3 Å². The number of rotatable bonds is 3. The molecule has 0 aliphatic carbocycles. The van der Waals surface area contributed by atoms with Crippen molar-refractivity contribution in [2.75, 3.05) is 5.73 Å². The number of nitrogen functional groups attached to an aromatic ring is 1. The van der Waals surface area contributed by atoms with E-state index in [4.69, 9.17) is 5.73 Å². The van der Waals surface area contributed by atoms with Gasteiger partial charge < -0.3 is 5.73 Å². The summed E-state index contributed by atoms with van der Waals surface area (Å²) in [6.45, 7) is 0. The topological polar surface area (TPSA) is 77.6 Å².